The Morgan fingerprint density at radius 2 is 1.56 bits per heavy atom. The fourth-order valence-corrected chi connectivity index (χ4v) is 4.47. The van der Waals surface area contributed by atoms with E-state index in [0.717, 1.165) is 0 Å². The number of carbonyl (C=O) groups excluding carboxylic acids is 2. The quantitative estimate of drug-likeness (QED) is 0.430. The van der Waals surface area contributed by atoms with Crippen LogP contribution in [0, 0.1) is 0 Å². The molecular formula is C18H12Cl2F9N3O3S. The van der Waals surface area contributed by atoms with E-state index in [1.165, 1.54) is 6.92 Å². The van der Waals surface area contributed by atoms with Gasteiger partial charge in [-0.05, 0) is 6.92 Å². The third kappa shape index (κ3) is 5.50. The second-order valence-corrected chi connectivity index (χ2v) is 8.75. The van der Waals surface area contributed by atoms with Crippen LogP contribution in [0.15, 0.2) is 12.1 Å². The molecule has 200 valence electrons. The van der Waals surface area contributed by atoms with Crippen molar-refractivity contribution in [1.82, 2.24) is 9.88 Å². The number of nitrogens with two attached hydrogens (primary N) is 1. The van der Waals surface area contributed by atoms with Crippen molar-refractivity contribution in [3.05, 3.63) is 38.4 Å². The first-order valence-electron chi connectivity index (χ1n) is 9.18. The van der Waals surface area contributed by atoms with Gasteiger partial charge in [-0.3, -0.25) is 9.59 Å². The van der Waals surface area contributed by atoms with Crippen molar-refractivity contribution in [1.29, 1.82) is 0 Å². The molecule has 36 heavy (non-hydrogen) atoms. The van der Waals surface area contributed by atoms with Gasteiger partial charge in [0.2, 0.25) is 0 Å². The standard InChI is InChI=1S/C18H12Cl2F9N3O3S/c1-2-32(5-15(21,22)23)14(34)10-11(36-13(31-10)12(30)33)6-3-4-7(9(20)8(6)19)16(35,17(24,25)26)18(27,28)29/h3-4,35H,2,5H2,1H3,(H2,30,33). The molecule has 0 radical (unpaired) electrons. The van der Waals surface area contributed by atoms with Crippen LogP contribution in [0.4, 0.5) is 39.5 Å². The lowest BCUT2D eigenvalue weighted by Gasteiger charge is -2.33. The molecule has 0 fully saturated rings. The molecular weight excluding hydrogens is 580 g/mol. The molecule has 2 aromatic rings. The van der Waals surface area contributed by atoms with Crippen LogP contribution in [0.2, 0.25) is 10.0 Å². The number of primary amides is 1. The third-order valence-corrected chi connectivity index (χ3v) is 6.60. The first-order valence-corrected chi connectivity index (χ1v) is 10.8. The van der Waals surface area contributed by atoms with E-state index < -0.39 is 85.8 Å². The summed E-state index contributed by atoms with van der Waals surface area (Å²) in [4.78, 5) is 27.7. The van der Waals surface area contributed by atoms with Crippen molar-refractivity contribution in [2.75, 3.05) is 13.1 Å². The summed E-state index contributed by atoms with van der Waals surface area (Å²) in [5.41, 5.74) is -3.66. The maximum Gasteiger partial charge on any atom is 0.430 e. The van der Waals surface area contributed by atoms with Crippen molar-refractivity contribution >= 4 is 46.4 Å². The average molecular weight is 592 g/mol. The number of aliphatic hydroxyl groups is 1. The molecule has 0 aliphatic carbocycles. The zero-order valence-corrected chi connectivity index (χ0v) is 19.7. The van der Waals surface area contributed by atoms with Crippen LogP contribution in [-0.2, 0) is 5.60 Å². The summed E-state index contributed by atoms with van der Waals surface area (Å²) < 4.78 is 118. The fraction of sp³-hybridized carbons (Fsp3) is 0.389. The molecule has 18 heteroatoms. The lowest BCUT2D eigenvalue weighted by atomic mass is 9.91. The summed E-state index contributed by atoms with van der Waals surface area (Å²) in [6, 6.07) is 0.622. The summed E-state index contributed by atoms with van der Waals surface area (Å²) in [7, 11) is 0. The van der Waals surface area contributed by atoms with E-state index in [1.807, 2.05) is 0 Å². The second kappa shape index (κ2) is 9.87. The maximum atomic E-state index is 13.3. The fourth-order valence-electron chi connectivity index (χ4n) is 2.92. The number of hydrogen-bond donors (Lipinski definition) is 2. The molecule has 0 spiro atoms. The van der Waals surface area contributed by atoms with E-state index in [9.17, 15) is 54.2 Å². The molecule has 0 bridgehead atoms. The Balaban J connectivity index is 2.78. The van der Waals surface area contributed by atoms with Gasteiger partial charge in [0.05, 0.1) is 14.9 Å². The first-order chi connectivity index (χ1) is 16.2. The molecule has 1 aromatic heterocycles. The Morgan fingerprint density at radius 3 is 1.97 bits per heavy atom. The van der Waals surface area contributed by atoms with Crippen LogP contribution < -0.4 is 5.73 Å². The summed E-state index contributed by atoms with van der Waals surface area (Å²) in [5.74, 6) is -2.64. The SMILES string of the molecule is CCN(CC(F)(F)F)C(=O)c1nc(C(N)=O)sc1-c1ccc(C(O)(C(F)(F)F)C(F)(F)F)c(Cl)c1Cl. The number of alkyl halides is 9. The summed E-state index contributed by atoms with van der Waals surface area (Å²) >= 11 is 11.9. The van der Waals surface area contributed by atoms with Crippen LogP contribution in [-0.4, -0.2) is 58.4 Å². The van der Waals surface area contributed by atoms with Crippen molar-refractivity contribution < 1.29 is 54.2 Å². The molecule has 1 heterocycles. The van der Waals surface area contributed by atoms with Crippen LogP contribution in [0.5, 0.6) is 0 Å². The van der Waals surface area contributed by atoms with Gasteiger partial charge >= 0.3 is 18.5 Å². The van der Waals surface area contributed by atoms with Crippen LogP contribution in [0.3, 0.4) is 0 Å². The Hall–Kier alpha value is -2.30. The number of carbonyl (C=O) groups is 2. The topological polar surface area (TPSA) is 96.5 Å². The molecule has 6 nitrogen and oxygen atoms in total. The van der Waals surface area contributed by atoms with Crippen molar-refractivity contribution in [3.8, 4) is 10.4 Å². The van der Waals surface area contributed by atoms with Gasteiger partial charge in [-0.25, -0.2) is 4.98 Å². The molecule has 0 saturated carbocycles. The van der Waals surface area contributed by atoms with Crippen LogP contribution in [0.25, 0.3) is 10.4 Å². The van der Waals surface area contributed by atoms with Crippen molar-refractivity contribution in [2.24, 2.45) is 5.73 Å². The minimum absolute atomic E-state index is 0.121. The van der Waals surface area contributed by atoms with Gasteiger partial charge in [0.25, 0.3) is 17.4 Å². The van der Waals surface area contributed by atoms with Gasteiger partial charge in [-0.1, -0.05) is 35.3 Å². The van der Waals surface area contributed by atoms with Crippen molar-refractivity contribution in [2.45, 2.75) is 31.1 Å². The number of benzene rings is 1. The average Bonchev–Trinajstić information content (AvgIpc) is 3.16. The van der Waals surface area contributed by atoms with Crippen molar-refractivity contribution in [3.63, 3.8) is 0 Å². The van der Waals surface area contributed by atoms with E-state index in [1.54, 1.807) is 0 Å². The first kappa shape index (κ1) is 29.9. The second-order valence-electron chi connectivity index (χ2n) is 6.99. The number of nitrogens with zero attached hydrogens (tertiary/aromatic N) is 2. The largest absolute Gasteiger partial charge is 0.430 e. The molecule has 1 aromatic carbocycles. The highest BCUT2D eigenvalue weighted by Crippen LogP contribution is 2.54. The van der Waals surface area contributed by atoms with E-state index in [0.29, 0.717) is 6.07 Å². The van der Waals surface area contributed by atoms with Crippen LogP contribution >= 0.6 is 34.5 Å². The highest BCUT2D eigenvalue weighted by Gasteiger charge is 2.72. The van der Waals surface area contributed by atoms with Gasteiger partial charge in [0, 0.05) is 17.7 Å². The van der Waals surface area contributed by atoms with E-state index >= 15 is 0 Å². The molecule has 2 rings (SSSR count). The van der Waals surface area contributed by atoms with Gasteiger partial charge in [-0.15, -0.1) is 11.3 Å². The molecule has 0 aliphatic rings. The predicted molar refractivity (Wildman–Crippen MR) is 110 cm³/mol. The number of thiazole rings is 1. The van der Waals surface area contributed by atoms with Gasteiger partial charge in [-0.2, -0.15) is 39.5 Å². The normalized spacial score (nSPS) is 13.1. The number of amides is 2. The van der Waals surface area contributed by atoms with E-state index in [4.69, 9.17) is 28.9 Å². The Kier molecular flexibility index (Phi) is 8.21. The monoisotopic (exact) mass is 591 g/mol. The van der Waals surface area contributed by atoms with E-state index in [-0.39, 0.29) is 22.3 Å². The molecule has 0 unspecified atom stereocenters. The molecule has 0 atom stereocenters. The third-order valence-electron chi connectivity index (χ3n) is 4.62. The molecule has 0 saturated heterocycles. The number of halogens is 11. The maximum absolute atomic E-state index is 13.3. The Labute approximate surface area is 209 Å². The number of aromatic nitrogens is 1. The lowest BCUT2D eigenvalue weighted by Crippen LogP contribution is -2.54. The van der Waals surface area contributed by atoms with Gasteiger partial charge in [0.1, 0.15) is 12.2 Å². The number of rotatable bonds is 6. The smallest absolute Gasteiger partial charge is 0.369 e. The zero-order valence-electron chi connectivity index (χ0n) is 17.4. The predicted octanol–water partition coefficient (Wildman–Crippen LogP) is 5.55. The minimum Gasteiger partial charge on any atom is -0.369 e. The Morgan fingerprint density at radius 1 is 1.03 bits per heavy atom. The summed E-state index contributed by atoms with van der Waals surface area (Å²) in [6.45, 7) is -1.07. The highest BCUT2D eigenvalue weighted by atomic mass is 35.5. The van der Waals surface area contributed by atoms with Gasteiger partial charge in [0.15, 0.2) is 5.01 Å². The molecule has 2 amide bonds. The van der Waals surface area contributed by atoms with Crippen LogP contribution in [0.1, 0.15) is 32.8 Å². The lowest BCUT2D eigenvalue weighted by molar-refractivity contribution is -0.376. The minimum atomic E-state index is -6.30. The number of hydrogen-bond acceptors (Lipinski definition) is 5. The molecule has 0 aliphatic heterocycles. The summed E-state index contributed by atoms with van der Waals surface area (Å²) in [5, 5.41) is 6.52. The summed E-state index contributed by atoms with van der Waals surface area (Å²) in [6.07, 6.45) is -17.5. The van der Waals surface area contributed by atoms with Gasteiger partial charge < -0.3 is 15.7 Å². The highest BCUT2D eigenvalue weighted by molar-refractivity contribution is 7.17. The zero-order chi connectivity index (χ0) is 28.0. The Bertz CT molecular complexity index is 1170. The molecule has 3 N–H and O–H groups in total. The van der Waals surface area contributed by atoms with E-state index in [2.05, 4.69) is 4.98 Å².